The van der Waals surface area contributed by atoms with Crippen molar-refractivity contribution in [1.29, 1.82) is 0 Å². The van der Waals surface area contributed by atoms with Crippen LogP contribution in [0.4, 0.5) is 8.78 Å². The van der Waals surface area contributed by atoms with E-state index in [1.54, 1.807) is 6.92 Å². The van der Waals surface area contributed by atoms with E-state index in [2.05, 4.69) is 0 Å². The molecule has 1 fully saturated rings. The lowest BCUT2D eigenvalue weighted by molar-refractivity contribution is -0.161. The third kappa shape index (κ3) is 5.84. The number of halogens is 2. The monoisotopic (exact) mass is 403 g/mol. The van der Waals surface area contributed by atoms with Gasteiger partial charge in [0.05, 0.1) is 12.7 Å². The summed E-state index contributed by atoms with van der Waals surface area (Å²) in [6.45, 7) is 2.13. The predicted octanol–water partition coefficient (Wildman–Crippen LogP) is 4.15. The van der Waals surface area contributed by atoms with Crippen LogP contribution in [0.1, 0.15) is 37.3 Å². The minimum Gasteiger partial charge on any atom is -0.459 e. The van der Waals surface area contributed by atoms with Gasteiger partial charge in [-0.25, -0.2) is 8.78 Å². The van der Waals surface area contributed by atoms with Gasteiger partial charge in [-0.3, -0.25) is 4.79 Å². The number of hydrogen-bond donors (Lipinski definition) is 1. The number of hydrogen-bond acceptors (Lipinski definition) is 4. The summed E-state index contributed by atoms with van der Waals surface area (Å²) >= 11 is 0. The summed E-state index contributed by atoms with van der Waals surface area (Å²) in [6, 6.07) is 12.6. The van der Waals surface area contributed by atoms with E-state index in [0.717, 1.165) is 11.6 Å². The third-order valence-corrected chi connectivity index (χ3v) is 5.40. The van der Waals surface area contributed by atoms with E-state index >= 15 is 0 Å². The van der Waals surface area contributed by atoms with Gasteiger partial charge in [0.2, 0.25) is 0 Å². The van der Waals surface area contributed by atoms with Crippen molar-refractivity contribution in [3.63, 3.8) is 0 Å². The Balaban J connectivity index is 1.83. The van der Waals surface area contributed by atoms with Gasteiger partial charge < -0.3 is 15.2 Å². The van der Waals surface area contributed by atoms with E-state index in [9.17, 15) is 13.6 Å². The summed E-state index contributed by atoms with van der Waals surface area (Å²) in [5.74, 6) is -1.73. The molecular weight excluding hydrogens is 376 g/mol. The maximum atomic E-state index is 14.3. The van der Waals surface area contributed by atoms with Gasteiger partial charge in [-0.05, 0) is 49.3 Å². The van der Waals surface area contributed by atoms with E-state index in [4.69, 9.17) is 15.2 Å². The minimum atomic E-state index is -0.673. The topological polar surface area (TPSA) is 61.5 Å². The summed E-state index contributed by atoms with van der Waals surface area (Å²) in [7, 11) is 0. The lowest BCUT2D eigenvalue weighted by Gasteiger charge is -2.31. The molecule has 0 aromatic heterocycles. The summed E-state index contributed by atoms with van der Waals surface area (Å²) in [6.07, 6.45) is 1.28. The molecule has 0 bridgehead atoms. The first kappa shape index (κ1) is 21.4. The zero-order valence-electron chi connectivity index (χ0n) is 16.5. The summed E-state index contributed by atoms with van der Waals surface area (Å²) in [4.78, 5) is 12.2. The van der Waals surface area contributed by atoms with Crippen molar-refractivity contribution in [2.45, 2.75) is 57.5 Å². The van der Waals surface area contributed by atoms with Crippen LogP contribution in [0.5, 0.6) is 0 Å². The second-order valence-electron chi connectivity index (χ2n) is 7.64. The van der Waals surface area contributed by atoms with Gasteiger partial charge in [0.1, 0.15) is 23.8 Å². The van der Waals surface area contributed by atoms with Crippen molar-refractivity contribution in [2.75, 3.05) is 0 Å². The average Bonchev–Trinajstić information content (AvgIpc) is 2.74. The molecule has 1 saturated heterocycles. The molecule has 6 heteroatoms. The molecule has 2 N–H and O–H groups in total. The molecular formula is C23H27F2NO3. The molecule has 4 unspecified atom stereocenters. The number of rotatable bonds is 5. The van der Waals surface area contributed by atoms with Crippen molar-refractivity contribution in [3.05, 3.63) is 71.3 Å². The lowest BCUT2D eigenvalue weighted by atomic mass is 9.86. The molecule has 0 amide bonds. The molecule has 4 nitrogen and oxygen atoms in total. The van der Waals surface area contributed by atoms with E-state index in [0.29, 0.717) is 37.9 Å². The molecule has 1 aliphatic rings. The number of ether oxygens (including phenoxy) is 2. The average molecular weight is 403 g/mol. The zero-order valence-corrected chi connectivity index (χ0v) is 16.5. The fourth-order valence-corrected chi connectivity index (χ4v) is 3.83. The molecule has 4 atom stereocenters. The van der Waals surface area contributed by atoms with Crippen LogP contribution in [0.2, 0.25) is 0 Å². The fraction of sp³-hybridized carbons (Fsp3) is 0.435. The molecule has 3 rings (SSSR count). The third-order valence-electron chi connectivity index (χ3n) is 5.40. The van der Waals surface area contributed by atoms with Crippen LogP contribution >= 0.6 is 0 Å². The molecule has 156 valence electrons. The second kappa shape index (κ2) is 9.94. The SMILES string of the molecule is CC1OC(=O)C(N)CCCC(Cc2ccc(F)cc2F)C1OCc1ccccc1. The maximum absolute atomic E-state index is 14.3. The van der Waals surface area contributed by atoms with Crippen LogP contribution in [0.15, 0.2) is 48.5 Å². The molecule has 2 aromatic carbocycles. The number of cyclic esters (lactones) is 1. The first-order chi connectivity index (χ1) is 13.9. The Morgan fingerprint density at radius 2 is 1.90 bits per heavy atom. The Hall–Kier alpha value is -2.31. The molecule has 1 heterocycles. The molecule has 0 radical (unpaired) electrons. The highest BCUT2D eigenvalue weighted by molar-refractivity contribution is 5.75. The standard InChI is InChI=1S/C23H27F2NO3/c1-15-22(28-14-16-6-3-2-4-7-16)18(8-5-9-21(26)23(27)29-15)12-17-10-11-19(24)13-20(17)25/h2-4,6-7,10-11,13,15,18,21-22H,5,8-9,12,14,26H2,1H3. The molecule has 0 saturated carbocycles. The van der Waals surface area contributed by atoms with E-state index in [-0.39, 0.29) is 5.92 Å². The van der Waals surface area contributed by atoms with Crippen molar-refractivity contribution in [2.24, 2.45) is 11.7 Å². The number of nitrogens with two attached hydrogens (primary N) is 1. The van der Waals surface area contributed by atoms with Crippen LogP contribution in [0.3, 0.4) is 0 Å². The Kier molecular flexibility index (Phi) is 7.34. The van der Waals surface area contributed by atoms with Crippen molar-refractivity contribution >= 4 is 5.97 Å². The largest absolute Gasteiger partial charge is 0.459 e. The van der Waals surface area contributed by atoms with Gasteiger partial charge in [0.25, 0.3) is 0 Å². The summed E-state index contributed by atoms with van der Waals surface area (Å²) < 4.78 is 39.3. The fourth-order valence-electron chi connectivity index (χ4n) is 3.83. The normalized spacial score (nSPS) is 25.6. The van der Waals surface area contributed by atoms with Crippen molar-refractivity contribution in [3.8, 4) is 0 Å². The highest BCUT2D eigenvalue weighted by Crippen LogP contribution is 2.28. The van der Waals surface area contributed by atoms with E-state index in [1.165, 1.54) is 12.1 Å². The highest BCUT2D eigenvalue weighted by Gasteiger charge is 2.34. The van der Waals surface area contributed by atoms with Gasteiger partial charge >= 0.3 is 5.97 Å². The Morgan fingerprint density at radius 1 is 1.14 bits per heavy atom. The molecule has 0 spiro atoms. The zero-order chi connectivity index (χ0) is 20.8. The Morgan fingerprint density at radius 3 is 2.62 bits per heavy atom. The first-order valence-electron chi connectivity index (χ1n) is 9.99. The van der Waals surface area contributed by atoms with Gasteiger partial charge in [0.15, 0.2) is 0 Å². The maximum Gasteiger partial charge on any atom is 0.323 e. The van der Waals surface area contributed by atoms with Crippen LogP contribution in [-0.4, -0.2) is 24.2 Å². The Bertz CT molecular complexity index is 815. The Labute approximate surface area is 170 Å². The number of benzene rings is 2. The summed E-state index contributed by atoms with van der Waals surface area (Å²) in [5.41, 5.74) is 7.33. The van der Waals surface area contributed by atoms with Crippen molar-refractivity contribution in [1.82, 2.24) is 0 Å². The molecule has 29 heavy (non-hydrogen) atoms. The summed E-state index contributed by atoms with van der Waals surface area (Å²) in [5, 5.41) is 0. The molecule has 0 aliphatic carbocycles. The van der Waals surface area contributed by atoms with E-state index < -0.39 is 35.9 Å². The van der Waals surface area contributed by atoms with Gasteiger partial charge in [-0.15, -0.1) is 0 Å². The molecule has 1 aliphatic heterocycles. The number of carbonyl (C=O) groups is 1. The van der Waals surface area contributed by atoms with Gasteiger partial charge in [-0.1, -0.05) is 42.8 Å². The quantitative estimate of drug-likeness (QED) is 0.762. The number of esters is 1. The van der Waals surface area contributed by atoms with Gasteiger partial charge in [0, 0.05) is 6.07 Å². The highest BCUT2D eigenvalue weighted by atomic mass is 19.1. The van der Waals surface area contributed by atoms with Crippen LogP contribution < -0.4 is 5.73 Å². The van der Waals surface area contributed by atoms with Crippen LogP contribution in [0, 0.1) is 17.6 Å². The first-order valence-corrected chi connectivity index (χ1v) is 9.99. The van der Waals surface area contributed by atoms with Gasteiger partial charge in [-0.2, -0.15) is 0 Å². The van der Waals surface area contributed by atoms with Crippen LogP contribution in [0.25, 0.3) is 0 Å². The smallest absolute Gasteiger partial charge is 0.323 e. The lowest BCUT2D eigenvalue weighted by Crippen LogP contribution is -2.40. The van der Waals surface area contributed by atoms with Crippen LogP contribution in [-0.2, 0) is 27.3 Å². The van der Waals surface area contributed by atoms with E-state index in [1.807, 2.05) is 30.3 Å². The predicted molar refractivity (Wildman–Crippen MR) is 106 cm³/mol. The van der Waals surface area contributed by atoms with Crippen molar-refractivity contribution < 1.29 is 23.0 Å². The molecule has 2 aromatic rings. The number of carbonyl (C=O) groups excluding carboxylic acids is 1. The minimum absolute atomic E-state index is 0.105. The second-order valence-corrected chi connectivity index (χ2v) is 7.64.